The molecule has 0 radical (unpaired) electrons. The van der Waals surface area contributed by atoms with E-state index in [-0.39, 0.29) is 64.7 Å². The smallest absolute Gasteiger partial charge is 0.363 e. The van der Waals surface area contributed by atoms with Gasteiger partial charge >= 0.3 is 17.9 Å². The van der Waals surface area contributed by atoms with Crippen molar-refractivity contribution in [2.45, 2.75) is 6.42 Å². The normalized spacial score (nSPS) is 11.4. The van der Waals surface area contributed by atoms with Crippen molar-refractivity contribution in [2.24, 2.45) is 4.99 Å². The lowest BCUT2D eigenvalue weighted by Crippen LogP contribution is -2.29. The monoisotopic (exact) mass is 1320 g/mol. The number of hydrogen-bond donors (Lipinski definition) is 2. The third-order valence-corrected chi connectivity index (χ3v) is 10.5. The summed E-state index contributed by atoms with van der Waals surface area (Å²) in [6.07, 6.45) is 2.45. The highest BCUT2D eigenvalue weighted by Crippen LogP contribution is 2.29. The third kappa shape index (κ3) is 17.2. The summed E-state index contributed by atoms with van der Waals surface area (Å²) in [5, 5.41) is 35.2. The fraction of sp³-hybridized carbons (Fsp3) is 0.0889. The van der Waals surface area contributed by atoms with Crippen LogP contribution in [0, 0.1) is 20.2 Å². The molecule has 0 fully saturated rings. The van der Waals surface area contributed by atoms with Gasteiger partial charge in [0, 0.05) is 90.2 Å². The van der Waals surface area contributed by atoms with Gasteiger partial charge in [0.25, 0.3) is 17.3 Å². The molecule has 1 amide bonds. The molecule has 0 bridgehead atoms. The van der Waals surface area contributed by atoms with Gasteiger partial charge in [-0.2, -0.15) is 0 Å². The van der Waals surface area contributed by atoms with Crippen LogP contribution < -0.4 is 19.5 Å². The Bertz CT molecular complexity index is 2840. The SMILES string of the molecule is COc1cc(/C=C2/N=C(c3ccc([N+](=O)[O-])cc3)OC2=O)ccc1CC(=O)c1cccs1.COc1cc(C=O)ccc1OC(=O)c1cccs1.I.II.O=C(O)CNC(=O)c1ccc([N+](=O)[O-])cc1. The summed E-state index contributed by atoms with van der Waals surface area (Å²) >= 11 is 6.93. The van der Waals surface area contributed by atoms with Crippen LogP contribution in [0.1, 0.15) is 56.7 Å². The maximum atomic E-state index is 12.4. The van der Waals surface area contributed by atoms with Gasteiger partial charge in [-0.15, -0.1) is 46.7 Å². The maximum Gasteiger partial charge on any atom is 0.363 e. The highest BCUT2D eigenvalue weighted by atomic mass is 128. The molecule has 358 valence electrons. The molecule has 0 unspecified atom stereocenters. The summed E-state index contributed by atoms with van der Waals surface area (Å²) in [4.78, 5) is 93.9. The molecule has 24 heteroatoms. The number of rotatable bonds is 15. The lowest BCUT2D eigenvalue weighted by atomic mass is 10.0. The predicted octanol–water partition coefficient (Wildman–Crippen LogP) is 10.0. The number of thiophene rings is 2. The number of Topliss-reactive ketones (excluding diaryl/α,β-unsaturated/α-hetero) is 1. The summed E-state index contributed by atoms with van der Waals surface area (Å²) in [7, 11) is 2.96. The van der Waals surface area contributed by atoms with Crippen LogP contribution >= 0.6 is 83.9 Å². The number of cyclic esters (lactones) is 1. The summed E-state index contributed by atoms with van der Waals surface area (Å²) in [5.74, 6) is -1.58. The van der Waals surface area contributed by atoms with Crippen LogP contribution in [0.4, 0.5) is 11.4 Å². The summed E-state index contributed by atoms with van der Waals surface area (Å²) in [6.45, 7) is -0.490. The minimum absolute atomic E-state index is 0. The van der Waals surface area contributed by atoms with E-state index in [0.29, 0.717) is 50.0 Å². The number of non-ortho nitro benzene ring substituents is 2. The fourth-order valence-corrected chi connectivity index (χ4v) is 6.75. The molecule has 0 atom stereocenters. The number of esters is 2. The average Bonchev–Trinajstić information content (AvgIpc) is 4.17. The Hall–Kier alpha value is -6.50. The molecule has 0 spiro atoms. The van der Waals surface area contributed by atoms with Gasteiger partial charge in [-0.25, -0.2) is 14.6 Å². The maximum absolute atomic E-state index is 12.4. The highest BCUT2D eigenvalue weighted by molar-refractivity contribution is 15.0. The second-order valence-electron chi connectivity index (χ2n) is 13.1. The Morgan fingerprint density at radius 2 is 1.35 bits per heavy atom. The van der Waals surface area contributed by atoms with Crippen LogP contribution in [-0.2, 0) is 20.7 Å². The molecule has 7 rings (SSSR count). The van der Waals surface area contributed by atoms with Crippen molar-refractivity contribution in [3.8, 4) is 17.2 Å². The fourth-order valence-electron chi connectivity index (χ4n) is 5.49. The van der Waals surface area contributed by atoms with Crippen molar-refractivity contribution in [3.63, 3.8) is 0 Å². The molecule has 1 aliphatic heterocycles. The Morgan fingerprint density at radius 1 is 0.783 bits per heavy atom. The van der Waals surface area contributed by atoms with Crippen molar-refractivity contribution in [3.05, 3.63) is 183 Å². The number of hydrogen-bond acceptors (Lipinski definition) is 17. The molecule has 0 saturated carbocycles. The molecule has 3 heterocycles. The Kier molecular flexibility index (Phi) is 23.7. The van der Waals surface area contributed by atoms with Crippen LogP contribution in [0.2, 0.25) is 0 Å². The van der Waals surface area contributed by atoms with E-state index in [1.165, 1.54) is 97.6 Å². The number of carboxylic acids is 1. The van der Waals surface area contributed by atoms with Crippen molar-refractivity contribution in [2.75, 3.05) is 20.8 Å². The van der Waals surface area contributed by atoms with E-state index in [1.54, 1.807) is 53.9 Å². The molecular weight excluding hydrogens is 1280 g/mol. The summed E-state index contributed by atoms with van der Waals surface area (Å²) in [5.41, 5.74) is 2.35. The first-order valence-electron chi connectivity index (χ1n) is 19.0. The molecule has 0 aliphatic carbocycles. The minimum Gasteiger partial charge on any atom is -0.496 e. The first-order valence-corrected chi connectivity index (χ1v) is 27.0. The number of nitrogens with one attached hydrogen (secondary N) is 1. The number of ketones is 1. The zero-order valence-corrected chi connectivity index (χ0v) is 43.9. The number of aliphatic carboxylic acids is 1. The van der Waals surface area contributed by atoms with Gasteiger partial charge in [-0.05, 0) is 83.1 Å². The van der Waals surface area contributed by atoms with Crippen molar-refractivity contribution in [1.82, 2.24) is 5.32 Å². The second-order valence-corrected chi connectivity index (χ2v) is 15.0. The lowest BCUT2D eigenvalue weighted by Gasteiger charge is -2.08. The first-order chi connectivity index (χ1) is 32.7. The van der Waals surface area contributed by atoms with Gasteiger partial charge < -0.3 is 29.4 Å². The van der Waals surface area contributed by atoms with E-state index < -0.39 is 40.2 Å². The minimum atomic E-state index is -1.16. The molecule has 2 N–H and O–H groups in total. The number of carboxylic acid groups (broad SMARTS) is 1. The zero-order chi connectivity index (χ0) is 49.8. The Labute approximate surface area is 440 Å². The highest BCUT2D eigenvalue weighted by Gasteiger charge is 2.25. The standard InChI is InChI=1S/C23H16N2O6S.C13H10O4S.C9H8N2O5.I2.HI/c1-30-20-12-14(4-5-16(20)13-19(26)21-3-2-10-32-21)11-18-23(27)31-22(24-18)15-6-8-17(9-7-15)25(28)29;1-16-11-7-9(8-14)4-5-10(11)17-13(15)12-3-2-6-18-12;12-8(13)5-10-9(14)6-1-3-7(4-2-6)11(15)16;1-2;/h2-12H,13H2,1H3;2-8H,1H3;1-4H,5H2,(H,10,14)(H,12,13);;1H/b18-11+;;;;. The van der Waals surface area contributed by atoms with Crippen molar-refractivity contribution >= 4 is 143 Å². The number of halogens is 3. The molecule has 4 aromatic carbocycles. The van der Waals surface area contributed by atoms with Gasteiger partial charge in [-0.1, -0.05) is 24.3 Å². The number of benzene rings is 4. The molecule has 0 saturated heterocycles. The summed E-state index contributed by atoms with van der Waals surface area (Å²) in [6, 6.07) is 27.4. The average molecular weight is 1320 g/mol. The van der Waals surface area contributed by atoms with Crippen LogP contribution in [0.25, 0.3) is 6.08 Å². The number of carbonyl (C=O) groups excluding carboxylic acids is 5. The van der Waals surface area contributed by atoms with E-state index >= 15 is 0 Å². The quantitative estimate of drug-likeness (QED) is 0.0141. The molecule has 6 aromatic rings. The Morgan fingerprint density at radius 3 is 1.88 bits per heavy atom. The molecule has 69 heavy (non-hydrogen) atoms. The van der Waals surface area contributed by atoms with E-state index in [1.807, 2.05) is 11.4 Å². The predicted molar refractivity (Wildman–Crippen MR) is 283 cm³/mol. The van der Waals surface area contributed by atoms with Gasteiger partial charge in [0.2, 0.25) is 5.90 Å². The third-order valence-electron chi connectivity index (χ3n) is 8.70. The van der Waals surface area contributed by atoms with E-state index in [4.69, 9.17) is 24.1 Å². The van der Waals surface area contributed by atoms with Crippen molar-refractivity contribution in [1.29, 1.82) is 0 Å². The van der Waals surface area contributed by atoms with Gasteiger partial charge in [0.15, 0.2) is 23.0 Å². The van der Waals surface area contributed by atoms with E-state index in [2.05, 4.69) is 47.5 Å². The number of methoxy groups -OCH3 is 2. The number of carbonyl (C=O) groups is 6. The number of nitrogens with zero attached hydrogens (tertiary/aromatic N) is 3. The zero-order valence-electron chi connectivity index (χ0n) is 35.6. The van der Waals surface area contributed by atoms with Gasteiger partial charge in [-0.3, -0.25) is 39.4 Å². The number of amides is 1. The topological polar surface area (TPSA) is 270 Å². The number of aliphatic imine (C=N–C) groups is 1. The largest absolute Gasteiger partial charge is 0.496 e. The molecular formula is C45H35I3N4O15S2. The molecule has 2 aromatic heterocycles. The van der Waals surface area contributed by atoms with E-state index in [9.17, 15) is 49.0 Å². The van der Waals surface area contributed by atoms with Crippen LogP contribution in [0.5, 0.6) is 17.2 Å². The second kappa shape index (κ2) is 28.7. The Balaban J connectivity index is 0.000000290. The number of nitro benzene ring substituents is 2. The van der Waals surface area contributed by atoms with Gasteiger partial charge in [0.1, 0.15) is 23.5 Å². The lowest BCUT2D eigenvalue weighted by molar-refractivity contribution is -0.385. The van der Waals surface area contributed by atoms with Crippen LogP contribution in [0.3, 0.4) is 0 Å². The van der Waals surface area contributed by atoms with Crippen molar-refractivity contribution < 1.29 is 62.7 Å². The van der Waals surface area contributed by atoms with Gasteiger partial charge in [0.05, 0.1) is 28.9 Å². The summed E-state index contributed by atoms with van der Waals surface area (Å²) < 4.78 is 20.9. The van der Waals surface area contributed by atoms with E-state index in [0.717, 1.165) is 5.56 Å². The number of aldehydes is 1. The van der Waals surface area contributed by atoms with Crippen LogP contribution in [0.15, 0.2) is 131 Å². The molecule has 19 nitrogen and oxygen atoms in total. The molecule has 1 aliphatic rings. The number of nitro groups is 2. The van der Waals surface area contributed by atoms with Crippen LogP contribution in [-0.4, -0.2) is 77.5 Å². The number of ether oxygens (including phenoxy) is 4. The first kappa shape index (κ1) is 56.8.